The number of rotatable bonds is 7. The molecule has 214 valence electrons. The van der Waals surface area contributed by atoms with Gasteiger partial charge < -0.3 is 24.9 Å². The number of likely N-dealkylation sites (N-methyl/N-ethyl adjacent to an activating group) is 1. The first-order valence-corrected chi connectivity index (χ1v) is 14.3. The molecule has 5 rings (SSSR count). The van der Waals surface area contributed by atoms with E-state index >= 15 is 0 Å². The van der Waals surface area contributed by atoms with Gasteiger partial charge in [-0.25, -0.2) is 4.79 Å². The molecule has 2 heterocycles. The quantitative estimate of drug-likeness (QED) is 0.440. The Labute approximate surface area is 242 Å². The molecular weight excluding hydrogens is 514 g/mol. The van der Waals surface area contributed by atoms with Crippen molar-refractivity contribution in [1.82, 2.24) is 14.7 Å². The smallest absolute Gasteiger partial charge is 0.321 e. The van der Waals surface area contributed by atoms with Crippen LogP contribution in [-0.4, -0.2) is 71.4 Å². The van der Waals surface area contributed by atoms with Crippen molar-refractivity contribution < 1.29 is 14.4 Å². The molecule has 0 aromatic heterocycles. The highest BCUT2D eigenvalue weighted by Gasteiger charge is 2.54. The second kappa shape index (κ2) is 12.0. The van der Waals surface area contributed by atoms with Gasteiger partial charge in [0.25, 0.3) is 5.91 Å². The fraction of sp³-hybridized carbons (Fsp3) is 0.364. The van der Waals surface area contributed by atoms with Crippen LogP contribution in [0.2, 0.25) is 0 Å². The second-order valence-corrected chi connectivity index (χ2v) is 11.4. The summed E-state index contributed by atoms with van der Waals surface area (Å²) < 4.78 is 0. The molecule has 2 fully saturated rings. The van der Waals surface area contributed by atoms with Crippen LogP contribution in [0, 0.1) is 0 Å². The van der Waals surface area contributed by atoms with Crippen molar-refractivity contribution in [2.24, 2.45) is 0 Å². The molecule has 2 saturated heterocycles. The summed E-state index contributed by atoms with van der Waals surface area (Å²) in [6.45, 7) is 6.01. The van der Waals surface area contributed by atoms with Crippen molar-refractivity contribution in [1.29, 1.82) is 0 Å². The maximum atomic E-state index is 14.0. The lowest BCUT2D eigenvalue weighted by Gasteiger charge is -2.43. The Kier molecular flexibility index (Phi) is 8.28. The fourth-order valence-electron chi connectivity index (χ4n) is 5.79. The van der Waals surface area contributed by atoms with Gasteiger partial charge in [-0.1, -0.05) is 74.5 Å². The first-order valence-electron chi connectivity index (χ1n) is 14.3. The third-order valence-corrected chi connectivity index (χ3v) is 8.30. The third kappa shape index (κ3) is 6.06. The number of likely N-dealkylation sites (tertiary alicyclic amines) is 1. The second-order valence-electron chi connectivity index (χ2n) is 11.4. The molecule has 0 aliphatic carbocycles. The molecule has 0 unspecified atom stereocenters. The topological polar surface area (TPSA) is 76.2 Å². The number of piperidine rings is 1. The zero-order valence-electron chi connectivity index (χ0n) is 24.1. The van der Waals surface area contributed by atoms with Crippen LogP contribution in [0.25, 0.3) is 0 Å². The van der Waals surface area contributed by atoms with Gasteiger partial charge in [0.1, 0.15) is 12.1 Å². The summed E-state index contributed by atoms with van der Waals surface area (Å²) in [5, 5.41) is 3.01. The average molecular weight is 554 g/mol. The zero-order chi connectivity index (χ0) is 29.0. The van der Waals surface area contributed by atoms with Crippen LogP contribution in [0.15, 0.2) is 84.9 Å². The number of hydrogen-bond donors (Lipinski definition) is 1. The molecule has 0 saturated carbocycles. The van der Waals surface area contributed by atoms with Crippen molar-refractivity contribution in [3.8, 4) is 0 Å². The van der Waals surface area contributed by atoms with E-state index < -0.39 is 5.54 Å². The van der Waals surface area contributed by atoms with Crippen molar-refractivity contribution in [2.75, 3.05) is 43.6 Å². The van der Waals surface area contributed by atoms with E-state index in [0.717, 1.165) is 16.9 Å². The summed E-state index contributed by atoms with van der Waals surface area (Å²) in [4.78, 5) is 47.6. The Balaban J connectivity index is 1.27. The van der Waals surface area contributed by atoms with Crippen molar-refractivity contribution in [2.45, 2.75) is 44.7 Å². The molecule has 0 atom stereocenters. The van der Waals surface area contributed by atoms with Crippen molar-refractivity contribution in [3.63, 3.8) is 0 Å². The molecule has 2 aliphatic heterocycles. The van der Waals surface area contributed by atoms with Crippen LogP contribution in [0.5, 0.6) is 0 Å². The van der Waals surface area contributed by atoms with Gasteiger partial charge in [-0.3, -0.25) is 9.59 Å². The van der Waals surface area contributed by atoms with E-state index in [1.54, 1.807) is 21.7 Å². The highest BCUT2D eigenvalue weighted by Crippen LogP contribution is 2.39. The number of carbonyl (C=O) groups is 3. The Morgan fingerprint density at radius 2 is 1.51 bits per heavy atom. The number of nitrogens with one attached hydrogen (secondary N) is 1. The largest absolute Gasteiger partial charge is 0.340 e. The van der Waals surface area contributed by atoms with Gasteiger partial charge in [-0.15, -0.1) is 0 Å². The third-order valence-electron chi connectivity index (χ3n) is 8.30. The van der Waals surface area contributed by atoms with Crippen molar-refractivity contribution >= 4 is 29.2 Å². The lowest BCUT2D eigenvalue weighted by molar-refractivity contribution is -0.140. The van der Waals surface area contributed by atoms with Gasteiger partial charge in [0.05, 0.1) is 6.67 Å². The van der Waals surface area contributed by atoms with Gasteiger partial charge >= 0.3 is 6.03 Å². The summed E-state index contributed by atoms with van der Waals surface area (Å²) >= 11 is 0. The van der Waals surface area contributed by atoms with Gasteiger partial charge in [0.15, 0.2) is 0 Å². The first-order chi connectivity index (χ1) is 19.8. The first kappa shape index (κ1) is 28.2. The summed E-state index contributed by atoms with van der Waals surface area (Å²) in [6.07, 6.45) is 0.982. The molecule has 1 spiro atoms. The average Bonchev–Trinajstić information content (AvgIpc) is 3.24. The van der Waals surface area contributed by atoms with Gasteiger partial charge in [0.2, 0.25) is 5.91 Å². The maximum absolute atomic E-state index is 14.0. The van der Waals surface area contributed by atoms with E-state index in [1.165, 1.54) is 5.56 Å². The van der Waals surface area contributed by atoms with E-state index in [2.05, 4.69) is 24.1 Å². The molecule has 0 radical (unpaired) electrons. The number of urea groups is 1. The Hall–Kier alpha value is -4.33. The number of para-hydroxylation sites is 1. The summed E-state index contributed by atoms with van der Waals surface area (Å²) in [7, 11) is 1.77. The van der Waals surface area contributed by atoms with E-state index in [1.807, 2.05) is 84.9 Å². The fourth-order valence-corrected chi connectivity index (χ4v) is 5.79. The van der Waals surface area contributed by atoms with Crippen LogP contribution in [-0.2, 0) is 16.1 Å². The minimum absolute atomic E-state index is 0.0177. The normalized spacial score (nSPS) is 16.4. The van der Waals surface area contributed by atoms with E-state index in [0.29, 0.717) is 45.1 Å². The van der Waals surface area contributed by atoms with E-state index in [-0.39, 0.29) is 24.4 Å². The van der Waals surface area contributed by atoms with Crippen LogP contribution in [0.3, 0.4) is 0 Å². The molecule has 8 nitrogen and oxygen atoms in total. The summed E-state index contributed by atoms with van der Waals surface area (Å²) in [5.74, 6) is 0.272. The number of carbonyl (C=O) groups excluding carboxylic acids is 3. The molecule has 3 aromatic carbocycles. The molecule has 4 amide bonds. The number of benzene rings is 3. The predicted octanol–water partition coefficient (Wildman–Crippen LogP) is 5.14. The number of nitrogens with zero attached hydrogens (tertiary/aromatic N) is 4. The molecular formula is C33H39N5O3. The lowest BCUT2D eigenvalue weighted by atomic mass is 9.85. The maximum Gasteiger partial charge on any atom is 0.321 e. The standard InChI is InChI=1S/C33H39N5O3/c1-25(2)27-14-16-28(17-15-27)34-32(41)36-20-18-33(19-21-36)31(40)37(24-38(33)29-12-8-5-9-13-29)23-30(39)35(3)22-26-10-6-4-7-11-26/h4-17,25H,18-24H2,1-3H3,(H,34,41). The molecule has 3 aromatic rings. The SMILES string of the molecule is CC(C)c1ccc(NC(=O)N2CCC3(CC2)C(=O)N(CC(=O)N(C)Cc2ccccc2)CN3c2ccccc2)cc1. The Bertz CT molecular complexity index is 1350. The predicted molar refractivity (Wildman–Crippen MR) is 162 cm³/mol. The van der Waals surface area contributed by atoms with Crippen LogP contribution >= 0.6 is 0 Å². The minimum Gasteiger partial charge on any atom is -0.340 e. The molecule has 8 heteroatoms. The monoisotopic (exact) mass is 553 g/mol. The molecule has 0 bridgehead atoms. The number of hydrogen-bond acceptors (Lipinski definition) is 4. The van der Waals surface area contributed by atoms with Crippen LogP contribution < -0.4 is 10.2 Å². The highest BCUT2D eigenvalue weighted by molar-refractivity contribution is 5.97. The lowest BCUT2D eigenvalue weighted by Crippen LogP contribution is -2.58. The summed E-state index contributed by atoms with van der Waals surface area (Å²) in [6, 6.07) is 27.5. The molecule has 2 aliphatic rings. The van der Waals surface area contributed by atoms with Crippen LogP contribution in [0.1, 0.15) is 43.7 Å². The van der Waals surface area contributed by atoms with E-state index in [4.69, 9.17) is 0 Å². The van der Waals surface area contributed by atoms with Crippen LogP contribution in [0.4, 0.5) is 16.2 Å². The van der Waals surface area contributed by atoms with Gasteiger partial charge in [-0.2, -0.15) is 0 Å². The minimum atomic E-state index is -0.796. The van der Waals surface area contributed by atoms with Gasteiger partial charge in [0, 0.05) is 38.1 Å². The highest BCUT2D eigenvalue weighted by atomic mass is 16.2. The number of anilines is 2. The Morgan fingerprint density at radius 3 is 2.12 bits per heavy atom. The summed E-state index contributed by atoms with van der Waals surface area (Å²) in [5.41, 5.74) is 3.16. The van der Waals surface area contributed by atoms with E-state index in [9.17, 15) is 14.4 Å². The molecule has 41 heavy (non-hydrogen) atoms. The van der Waals surface area contributed by atoms with Crippen molar-refractivity contribution in [3.05, 3.63) is 96.1 Å². The number of amides is 4. The Morgan fingerprint density at radius 1 is 0.902 bits per heavy atom. The van der Waals surface area contributed by atoms with Gasteiger partial charge in [-0.05, 0) is 54.2 Å². The molecule has 1 N–H and O–H groups in total. The zero-order valence-corrected chi connectivity index (χ0v) is 24.1.